The molecule has 0 radical (unpaired) electrons. The Balaban J connectivity index is 1.67. The monoisotopic (exact) mass is 415 g/mol. The van der Waals surface area contributed by atoms with Gasteiger partial charge in [0.05, 0.1) is 11.5 Å². The molecular weight excluding hydrogens is 388 g/mol. The van der Waals surface area contributed by atoms with E-state index in [0.717, 1.165) is 30.0 Å². The number of amides is 1. The first-order chi connectivity index (χ1) is 14.5. The van der Waals surface area contributed by atoms with Crippen LogP contribution in [0.3, 0.4) is 0 Å². The molecule has 4 rings (SSSR count). The lowest BCUT2D eigenvalue weighted by molar-refractivity contribution is -0.151. The number of carbonyl (C=O) groups is 1. The molecule has 30 heavy (non-hydrogen) atoms. The third kappa shape index (κ3) is 4.25. The van der Waals surface area contributed by atoms with Crippen molar-refractivity contribution in [3.8, 4) is 11.1 Å². The SMILES string of the molecule is O=C(N1CCC[C@H](O)C1)C1(Cc2ccccc2-c2ccc(F)c(F)c2)CCOCC1. The lowest BCUT2D eigenvalue weighted by Crippen LogP contribution is -2.52. The second-order valence-electron chi connectivity index (χ2n) is 8.40. The van der Waals surface area contributed by atoms with Gasteiger partial charge in [-0.3, -0.25) is 4.79 Å². The van der Waals surface area contributed by atoms with Gasteiger partial charge in [0, 0.05) is 26.3 Å². The normalized spacial score (nSPS) is 21.4. The largest absolute Gasteiger partial charge is 0.391 e. The fourth-order valence-corrected chi connectivity index (χ4v) is 4.69. The van der Waals surface area contributed by atoms with E-state index < -0.39 is 23.2 Å². The van der Waals surface area contributed by atoms with Crippen LogP contribution < -0.4 is 0 Å². The van der Waals surface area contributed by atoms with Gasteiger partial charge < -0.3 is 14.7 Å². The molecule has 0 aromatic heterocycles. The summed E-state index contributed by atoms with van der Waals surface area (Å²) in [6, 6.07) is 11.5. The van der Waals surface area contributed by atoms with Crippen LogP contribution in [-0.2, 0) is 16.0 Å². The van der Waals surface area contributed by atoms with Crippen LogP contribution >= 0.6 is 0 Å². The van der Waals surface area contributed by atoms with E-state index in [4.69, 9.17) is 4.74 Å². The Hall–Kier alpha value is -2.31. The number of hydrogen-bond acceptors (Lipinski definition) is 3. The zero-order valence-electron chi connectivity index (χ0n) is 16.9. The third-order valence-corrected chi connectivity index (χ3v) is 6.36. The van der Waals surface area contributed by atoms with Crippen molar-refractivity contribution in [3.63, 3.8) is 0 Å². The van der Waals surface area contributed by atoms with Crippen LogP contribution in [0, 0.1) is 17.0 Å². The summed E-state index contributed by atoms with van der Waals surface area (Å²) >= 11 is 0. The molecule has 2 heterocycles. The van der Waals surface area contributed by atoms with Gasteiger partial charge in [-0.05, 0) is 60.9 Å². The van der Waals surface area contributed by atoms with Gasteiger partial charge in [0.1, 0.15) is 0 Å². The molecule has 4 nitrogen and oxygen atoms in total. The number of nitrogens with zero attached hydrogens (tertiary/aromatic N) is 1. The second kappa shape index (κ2) is 8.82. The molecule has 2 aliphatic rings. The zero-order valence-corrected chi connectivity index (χ0v) is 16.9. The first kappa shape index (κ1) is 20.9. The second-order valence-corrected chi connectivity index (χ2v) is 8.40. The maximum atomic E-state index is 13.9. The summed E-state index contributed by atoms with van der Waals surface area (Å²) in [5, 5.41) is 10.1. The molecule has 0 saturated carbocycles. The van der Waals surface area contributed by atoms with Crippen molar-refractivity contribution in [3.05, 3.63) is 59.7 Å². The number of aliphatic hydroxyl groups is 1. The van der Waals surface area contributed by atoms with Crippen LogP contribution in [-0.4, -0.2) is 48.3 Å². The van der Waals surface area contributed by atoms with Crippen molar-refractivity contribution < 1.29 is 23.4 Å². The summed E-state index contributed by atoms with van der Waals surface area (Å²) in [5.74, 6) is -1.71. The molecule has 0 unspecified atom stereocenters. The first-order valence-corrected chi connectivity index (χ1v) is 10.6. The lowest BCUT2D eigenvalue weighted by Gasteiger charge is -2.42. The van der Waals surface area contributed by atoms with Crippen molar-refractivity contribution >= 4 is 5.91 Å². The van der Waals surface area contributed by atoms with Crippen molar-refractivity contribution in [1.29, 1.82) is 0 Å². The van der Waals surface area contributed by atoms with E-state index in [1.165, 1.54) is 6.07 Å². The van der Waals surface area contributed by atoms with Crippen LogP contribution in [0.25, 0.3) is 11.1 Å². The number of benzene rings is 2. The molecule has 6 heteroatoms. The smallest absolute Gasteiger partial charge is 0.229 e. The molecular formula is C24H27F2NO3. The Morgan fingerprint density at radius 2 is 1.90 bits per heavy atom. The fraction of sp³-hybridized carbons (Fsp3) is 0.458. The quantitative estimate of drug-likeness (QED) is 0.823. The average molecular weight is 415 g/mol. The van der Waals surface area contributed by atoms with Gasteiger partial charge in [-0.15, -0.1) is 0 Å². The molecule has 0 bridgehead atoms. The van der Waals surface area contributed by atoms with Crippen LogP contribution in [0.2, 0.25) is 0 Å². The van der Waals surface area contributed by atoms with E-state index >= 15 is 0 Å². The Morgan fingerprint density at radius 1 is 1.13 bits per heavy atom. The van der Waals surface area contributed by atoms with E-state index in [0.29, 0.717) is 51.1 Å². The first-order valence-electron chi connectivity index (χ1n) is 10.6. The molecule has 2 aliphatic heterocycles. The molecule has 1 N–H and O–H groups in total. The van der Waals surface area contributed by atoms with Crippen LogP contribution in [0.15, 0.2) is 42.5 Å². The highest BCUT2D eigenvalue weighted by Gasteiger charge is 2.43. The molecule has 0 aliphatic carbocycles. The van der Waals surface area contributed by atoms with Crippen molar-refractivity contribution in [2.45, 2.75) is 38.2 Å². The predicted octanol–water partition coefficient (Wildman–Crippen LogP) is 3.95. The van der Waals surface area contributed by atoms with Gasteiger partial charge in [0.15, 0.2) is 11.6 Å². The Kier molecular flexibility index (Phi) is 6.16. The summed E-state index contributed by atoms with van der Waals surface area (Å²) < 4.78 is 32.8. The third-order valence-electron chi connectivity index (χ3n) is 6.36. The molecule has 2 fully saturated rings. The minimum absolute atomic E-state index is 0.0599. The fourth-order valence-electron chi connectivity index (χ4n) is 4.69. The topological polar surface area (TPSA) is 49.8 Å². The highest BCUT2D eigenvalue weighted by Crippen LogP contribution is 2.39. The number of β-amino-alcohol motifs (C(OH)–C–C–N with tert-alkyl or cyclic N) is 1. The van der Waals surface area contributed by atoms with Gasteiger partial charge >= 0.3 is 0 Å². The highest BCUT2D eigenvalue weighted by molar-refractivity contribution is 5.84. The van der Waals surface area contributed by atoms with E-state index in [2.05, 4.69) is 0 Å². The summed E-state index contributed by atoms with van der Waals surface area (Å²) in [5.41, 5.74) is 1.70. The Morgan fingerprint density at radius 3 is 2.63 bits per heavy atom. The average Bonchev–Trinajstić information content (AvgIpc) is 2.76. The number of ether oxygens (including phenoxy) is 1. The predicted molar refractivity (Wildman–Crippen MR) is 110 cm³/mol. The van der Waals surface area contributed by atoms with Gasteiger partial charge in [0.2, 0.25) is 5.91 Å². The minimum Gasteiger partial charge on any atom is -0.391 e. The highest BCUT2D eigenvalue weighted by atomic mass is 19.2. The standard InChI is InChI=1S/C24H27F2NO3/c25-21-8-7-17(14-22(21)26)20-6-2-1-4-18(20)15-24(9-12-30-13-10-24)23(29)27-11-3-5-19(28)16-27/h1-2,4,6-8,14,19,28H,3,5,9-13,15-16H2/t19-/m0/s1. The van der Waals surface area contributed by atoms with E-state index in [1.54, 1.807) is 11.0 Å². The van der Waals surface area contributed by atoms with E-state index in [-0.39, 0.29) is 5.91 Å². The van der Waals surface area contributed by atoms with Gasteiger partial charge in [0.25, 0.3) is 0 Å². The maximum Gasteiger partial charge on any atom is 0.229 e. The van der Waals surface area contributed by atoms with Crippen LogP contribution in [0.1, 0.15) is 31.2 Å². The molecule has 2 aromatic rings. The molecule has 1 amide bonds. The number of aliphatic hydroxyl groups excluding tert-OH is 1. The summed E-state index contributed by atoms with van der Waals surface area (Å²) in [6.45, 7) is 2.04. The van der Waals surface area contributed by atoms with Crippen molar-refractivity contribution in [2.75, 3.05) is 26.3 Å². The van der Waals surface area contributed by atoms with Crippen molar-refractivity contribution in [1.82, 2.24) is 4.90 Å². The number of piperidine rings is 1. The summed E-state index contributed by atoms with van der Waals surface area (Å²) in [7, 11) is 0. The number of carbonyl (C=O) groups excluding carboxylic acids is 1. The summed E-state index contributed by atoms with van der Waals surface area (Å²) in [4.78, 5) is 15.4. The molecule has 0 spiro atoms. The van der Waals surface area contributed by atoms with Crippen LogP contribution in [0.5, 0.6) is 0 Å². The van der Waals surface area contributed by atoms with Gasteiger partial charge in [-0.2, -0.15) is 0 Å². The van der Waals surface area contributed by atoms with E-state index in [9.17, 15) is 18.7 Å². The Bertz CT molecular complexity index is 911. The maximum absolute atomic E-state index is 13.9. The minimum atomic E-state index is -0.888. The number of halogens is 2. The number of rotatable bonds is 4. The van der Waals surface area contributed by atoms with Crippen molar-refractivity contribution in [2.24, 2.45) is 5.41 Å². The molecule has 2 aromatic carbocycles. The lowest BCUT2D eigenvalue weighted by atomic mass is 9.72. The zero-order chi connectivity index (χ0) is 21.1. The van der Waals surface area contributed by atoms with Gasteiger partial charge in [-0.1, -0.05) is 30.3 Å². The number of likely N-dealkylation sites (tertiary alicyclic amines) is 1. The van der Waals surface area contributed by atoms with Crippen LogP contribution in [0.4, 0.5) is 8.78 Å². The van der Waals surface area contributed by atoms with E-state index in [1.807, 2.05) is 24.3 Å². The summed E-state index contributed by atoms with van der Waals surface area (Å²) in [6.07, 6.45) is 2.74. The molecule has 160 valence electrons. The number of hydrogen-bond donors (Lipinski definition) is 1. The molecule has 2 saturated heterocycles. The Labute approximate surface area is 175 Å². The molecule has 1 atom stereocenters. The van der Waals surface area contributed by atoms with Gasteiger partial charge in [-0.25, -0.2) is 8.78 Å².